The number of rotatable bonds is 4. The predicted molar refractivity (Wildman–Crippen MR) is 80.6 cm³/mol. The summed E-state index contributed by atoms with van der Waals surface area (Å²) in [5.41, 5.74) is 3.11. The van der Waals surface area contributed by atoms with E-state index in [0.717, 1.165) is 33.8 Å². The van der Waals surface area contributed by atoms with Crippen molar-refractivity contribution in [2.45, 2.75) is 26.4 Å². The van der Waals surface area contributed by atoms with Crippen molar-refractivity contribution in [1.29, 1.82) is 0 Å². The minimum Gasteiger partial charge on any atom is -0.304 e. The molecule has 3 heterocycles. The third kappa shape index (κ3) is 2.44. The normalized spacial score (nSPS) is 12.9. The van der Waals surface area contributed by atoms with Crippen molar-refractivity contribution < 1.29 is 0 Å². The van der Waals surface area contributed by atoms with E-state index in [9.17, 15) is 0 Å². The van der Waals surface area contributed by atoms with Crippen LogP contribution in [0.25, 0.3) is 11.0 Å². The minimum absolute atomic E-state index is 0.251. The molecule has 104 valence electrons. The summed E-state index contributed by atoms with van der Waals surface area (Å²) in [6, 6.07) is 2.41. The van der Waals surface area contributed by atoms with Gasteiger partial charge < -0.3 is 5.32 Å². The highest BCUT2D eigenvalue weighted by Crippen LogP contribution is 2.18. The first-order valence-electron chi connectivity index (χ1n) is 6.56. The molecule has 6 heteroatoms. The second-order valence-electron chi connectivity index (χ2n) is 4.90. The summed E-state index contributed by atoms with van der Waals surface area (Å²) in [5, 5.41) is 12.1. The Morgan fingerprint density at radius 1 is 1.40 bits per heavy atom. The summed E-state index contributed by atoms with van der Waals surface area (Å²) in [4.78, 5) is 8.81. The number of aromatic nitrogens is 4. The van der Waals surface area contributed by atoms with Crippen LogP contribution in [0.3, 0.4) is 0 Å². The van der Waals surface area contributed by atoms with Crippen LogP contribution in [0.15, 0.2) is 23.8 Å². The van der Waals surface area contributed by atoms with Crippen LogP contribution in [-0.4, -0.2) is 19.7 Å². The van der Waals surface area contributed by atoms with E-state index >= 15 is 0 Å². The van der Waals surface area contributed by atoms with E-state index in [-0.39, 0.29) is 6.04 Å². The zero-order valence-corrected chi connectivity index (χ0v) is 12.6. The molecule has 0 saturated carbocycles. The average Bonchev–Trinajstić information content (AvgIpc) is 3.06. The first-order valence-corrected chi connectivity index (χ1v) is 7.44. The second-order valence-corrected chi connectivity index (χ2v) is 5.82. The largest absolute Gasteiger partial charge is 0.304 e. The number of nitrogens with zero attached hydrogens (tertiary/aromatic N) is 4. The average molecular weight is 287 g/mol. The smallest absolute Gasteiger partial charge is 0.157 e. The van der Waals surface area contributed by atoms with E-state index < -0.39 is 0 Å². The summed E-state index contributed by atoms with van der Waals surface area (Å²) in [6.45, 7) is 4.91. The Kier molecular flexibility index (Phi) is 3.50. The second kappa shape index (κ2) is 5.30. The molecule has 3 aromatic rings. The van der Waals surface area contributed by atoms with Crippen molar-refractivity contribution in [1.82, 2.24) is 25.1 Å². The molecule has 0 aromatic carbocycles. The number of fused-ring (bicyclic) bond motifs is 1. The van der Waals surface area contributed by atoms with Crippen molar-refractivity contribution >= 4 is 22.4 Å². The van der Waals surface area contributed by atoms with Crippen LogP contribution in [0.4, 0.5) is 0 Å². The molecule has 3 aromatic heterocycles. The van der Waals surface area contributed by atoms with Gasteiger partial charge in [0.25, 0.3) is 0 Å². The number of nitrogens with one attached hydrogen (secondary N) is 1. The first-order chi connectivity index (χ1) is 9.65. The van der Waals surface area contributed by atoms with Crippen LogP contribution >= 0.6 is 11.3 Å². The van der Waals surface area contributed by atoms with Crippen LogP contribution in [-0.2, 0) is 13.6 Å². The minimum atomic E-state index is 0.251. The zero-order chi connectivity index (χ0) is 14.1. The summed E-state index contributed by atoms with van der Waals surface area (Å²) in [7, 11) is 1.92. The van der Waals surface area contributed by atoms with Gasteiger partial charge in [0.15, 0.2) is 5.65 Å². The lowest BCUT2D eigenvalue weighted by molar-refractivity contribution is 0.571. The van der Waals surface area contributed by atoms with Crippen LogP contribution in [0.2, 0.25) is 0 Å². The lowest BCUT2D eigenvalue weighted by Gasteiger charge is -2.10. The molecule has 0 amide bonds. The van der Waals surface area contributed by atoms with E-state index in [4.69, 9.17) is 0 Å². The highest BCUT2D eigenvalue weighted by molar-refractivity contribution is 7.09. The van der Waals surface area contributed by atoms with Gasteiger partial charge in [-0.1, -0.05) is 0 Å². The zero-order valence-electron chi connectivity index (χ0n) is 11.8. The van der Waals surface area contributed by atoms with Crippen LogP contribution in [0.1, 0.15) is 29.2 Å². The van der Waals surface area contributed by atoms with Gasteiger partial charge in [-0.3, -0.25) is 4.68 Å². The molecule has 0 bridgehead atoms. The molecule has 0 aliphatic carbocycles. The van der Waals surface area contributed by atoms with E-state index in [2.05, 4.69) is 33.4 Å². The molecule has 0 radical (unpaired) electrons. The Balaban J connectivity index is 1.76. The molecule has 0 aliphatic heterocycles. The Morgan fingerprint density at radius 3 is 3.00 bits per heavy atom. The molecule has 0 fully saturated rings. The molecule has 1 atom stereocenters. The number of hydrogen-bond acceptors (Lipinski definition) is 5. The molecular formula is C14H17N5S. The fourth-order valence-electron chi connectivity index (χ4n) is 2.25. The van der Waals surface area contributed by atoms with Crippen molar-refractivity contribution in [2.75, 3.05) is 0 Å². The maximum absolute atomic E-state index is 4.49. The fourth-order valence-corrected chi connectivity index (χ4v) is 2.92. The number of hydrogen-bond donors (Lipinski definition) is 1. The molecule has 1 unspecified atom stereocenters. The molecular weight excluding hydrogens is 270 g/mol. The highest BCUT2D eigenvalue weighted by Gasteiger charge is 2.09. The summed E-state index contributed by atoms with van der Waals surface area (Å²) in [5.74, 6) is 0. The molecule has 0 saturated heterocycles. The van der Waals surface area contributed by atoms with Crippen molar-refractivity contribution in [3.05, 3.63) is 40.1 Å². The molecule has 20 heavy (non-hydrogen) atoms. The predicted octanol–water partition coefficient (Wildman–Crippen LogP) is 2.58. The number of aryl methyl sites for hydroxylation is 2. The Bertz CT molecular complexity index is 717. The molecule has 0 aliphatic rings. The standard InChI is InChI=1S/C14H17N5S/c1-9-12-6-11(8-17-13(12)19(3)18-9)7-16-10(2)14-15-4-5-20-14/h4-6,8,10,16H,7H2,1-3H3. The SMILES string of the molecule is Cc1nn(C)c2ncc(CNC(C)c3nccs3)cc12. The van der Waals surface area contributed by atoms with Crippen molar-refractivity contribution in [3.8, 4) is 0 Å². The lowest BCUT2D eigenvalue weighted by Crippen LogP contribution is -2.18. The van der Waals surface area contributed by atoms with Gasteiger partial charge in [0, 0.05) is 36.8 Å². The van der Waals surface area contributed by atoms with Gasteiger partial charge >= 0.3 is 0 Å². The van der Waals surface area contributed by atoms with Crippen molar-refractivity contribution in [3.63, 3.8) is 0 Å². The van der Waals surface area contributed by atoms with Gasteiger partial charge in [-0.15, -0.1) is 11.3 Å². The third-order valence-corrected chi connectivity index (χ3v) is 4.31. The van der Waals surface area contributed by atoms with Crippen LogP contribution < -0.4 is 5.32 Å². The Morgan fingerprint density at radius 2 is 2.25 bits per heavy atom. The lowest BCUT2D eigenvalue weighted by atomic mass is 10.2. The maximum Gasteiger partial charge on any atom is 0.157 e. The monoisotopic (exact) mass is 287 g/mol. The molecule has 5 nitrogen and oxygen atoms in total. The van der Waals surface area contributed by atoms with Gasteiger partial charge in [0.1, 0.15) is 5.01 Å². The maximum atomic E-state index is 4.49. The Hall–Kier alpha value is -1.79. The van der Waals surface area contributed by atoms with Gasteiger partial charge in [0.2, 0.25) is 0 Å². The van der Waals surface area contributed by atoms with Crippen LogP contribution in [0.5, 0.6) is 0 Å². The van der Waals surface area contributed by atoms with Gasteiger partial charge in [-0.2, -0.15) is 5.10 Å². The van der Waals surface area contributed by atoms with E-state index in [0.29, 0.717) is 0 Å². The van der Waals surface area contributed by atoms with E-state index in [1.165, 1.54) is 0 Å². The Labute approximate surface area is 121 Å². The fraction of sp³-hybridized carbons (Fsp3) is 0.357. The summed E-state index contributed by atoms with van der Waals surface area (Å²) < 4.78 is 1.82. The topological polar surface area (TPSA) is 55.6 Å². The van der Waals surface area contributed by atoms with Gasteiger partial charge in [0.05, 0.1) is 11.7 Å². The molecule has 1 N–H and O–H groups in total. The third-order valence-electron chi connectivity index (χ3n) is 3.35. The van der Waals surface area contributed by atoms with E-state index in [1.807, 2.05) is 36.4 Å². The highest BCUT2D eigenvalue weighted by atomic mass is 32.1. The van der Waals surface area contributed by atoms with Gasteiger partial charge in [-0.05, 0) is 25.5 Å². The van der Waals surface area contributed by atoms with E-state index in [1.54, 1.807) is 11.3 Å². The summed E-state index contributed by atoms with van der Waals surface area (Å²) in [6.07, 6.45) is 3.75. The quantitative estimate of drug-likeness (QED) is 0.801. The van der Waals surface area contributed by atoms with Crippen LogP contribution in [0, 0.1) is 6.92 Å². The number of thiazole rings is 1. The molecule has 3 rings (SSSR count). The number of pyridine rings is 1. The van der Waals surface area contributed by atoms with Gasteiger partial charge in [-0.25, -0.2) is 9.97 Å². The molecule has 0 spiro atoms. The summed E-state index contributed by atoms with van der Waals surface area (Å²) >= 11 is 1.67. The van der Waals surface area contributed by atoms with Crippen molar-refractivity contribution in [2.24, 2.45) is 7.05 Å². The first kappa shape index (κ1) is 13.2.